The molecule has 54 heavy (non-hydrogen) atoms. The number of aliphatic hydroxyl groups is 1. The molecule has 3 amide bonds. The molecule has 11 heteroatoms. The first kappa shape index (κ1) is 35.9. The van der Waals surface area contributed by atoms with Crippen LogP contribution < -0.4 is 20.2 Å². The van der Waals surface area contributed by atoms with Crippen LogP contribution in [0.3, 0.4) is 0 Å². The number of benzene rings is 4. The third kappa shape index (κ3) is 5.95. The molecular weight excluding hydrogens is 697 g/mol. The van der Waals surface area contributed by atoms with E-state index in [1.165, 1.54) is 5.01 Å². The molecule has 4 heterocycles. The number of aliphatic hydroxyl groups excluding tert-OH is 1. The van der Waals surface area contributed by atoms with Gasteiger partial charge in [-0.05, 0) is 59.0 Å². The predicted molar refractivity (Wildman–Crippen MR) is 211 cm³/mol. The lowest BCUT2D eigenvalue weighted by atomic mass is 9.82. The topological polar surface area (TPSA) is 121 Å². The molecule has 1 spiro atoms. The number of nitrogens with one attached hydrogen (secondary N) is 1. The number of methoxy groups -OCH3 is 1. The van der Waals surface area contributed by atoms with E-state index in [2.05, 4.69) is 43.5 Å². The Morgan fingerprint density at radius 1 is 0.981 bits per heavy atom. The van der Waals surface area contributed by atoms with Crippen molar-refractivity contribution in [3.05, 3.63) is 119 Å². The van der Waals surface area contributed by atoms with Crippen LogP contribution in [0, 0.1) is 5.92 Å². The molecule has 1 saturated heterocycles. The zero-order chi connectivity index (χ0) is 37.8. The maximum absolute atomic E-state index is 14.5. The van der Waals surface area contributed by atoms with Crippen LogP contribution in [0.15, 0.2) is 102 Å². The lowest BCUT2D eigenvalue weighted by molar-refractivity contribution is -0.149. The normalized spacial score (nSPS) is 24.9. The molecule has 0 saturated carbocycles. The molecule has 0 bridgehead atoms. The van der Waals surface area contributed by atoms with Gasteiger partial charge < -0.3 is 24.8 Å². The van der Waals surface area contributed by atoms with Crippen molar-refractivity contribution in [1.82, 2.24) is 4.90 Å². The molecule has 4 aliphatic heterocycles. The number of ether oxygens (including phenoxy) is 2. The third-order valence-electron chi connectivity index (χ3n) is 12.2. The Bertz CT molecular complexity index is 2140. The Hall–Kier alpha value is -5.10. The van der Waals surface area contributed by atoms with Gasteiger partial charge in [-0.1, -0.05) is 91.9 Å². The van der Waals surface area contributed by atoms with Crippen molar-refractivity contribution in [2.75, 3.05) is 24.0 Å². The average molecular weight is 743 g/mol. The van der Waals surface area contributed by atoms with Gasteiger partial charge in [-0.3, -0.25) is 14.4 Å². The van der Waals surface area contributed by atoms with Crippen LogP contribution >= 0.6 is 0 Å². The van der Waals surface area contributed by atoms with Crippen LogP contribution in [-0.4, -0.2) is 67.4 Å². The van der Waals surface area contributed by atoms with Crippen LogP contribution in [0.25, 0.3) is 0 Å². The Kier molecular flexibility index (Phi) is 9.27. The minimum absolute atomic E-state index is 0.0552. The highest BCUT2D eigenvalue weighted by atomic mass is 28.3. The van der Waals surface area contributed by atoms with E-state index in [9.17, 15) is 19.5 Å². The molecule has 5 atom stereocenters. The van der Waals surface area contributed by atoms with Crippen LogP contribution in [0.1, 0.15) is 48.4 Å². The number of hydrogen-bond donors (Lipinski definition) is 2. The summed E-state index contributed by atoms with van der Waals surface area (Å²) in [6.07, 6.45) is 0.870. The van der Waals surface area contributed by atoms with Crippen LogP contribution in [-0.2, 0) is 37.7 Å². The molecule has 278 valence electrons. The summed E-state index contributed by atoms with van der Waals surface area (Å²) in [6, 6.07) is 31.1. The van der Waals surface area contributed by atoms with Crippen molar-refractivity contribution in [2.24, 2.45) is 11.0 Å². The van der Waals surface area contributed by atoms with Crippen molar-refractivity contribution < 1.29 is 29.0 Å². The summed E-state index contributed by atoms with van der Waals surface area (Å²) in [5.41, 5.74) is 4.22. The van der Waals surface area contributed by atoms with Gasteiger partial charge in [0.15, 0.2) is 5.60 Å². The summed E-state index contributed by atoms with van der Waals surface area (Å²) in [4.78, 5) is 44.1. The molecule has 0 unspecified atom stereocenters. The summed E-state index contributed by atoms with van der Waals surface area (Å²) < 4.78 is 12.6. The number of rotatable bonds is 8. The predicted octanol–water partition coefficient (Wildman–Crippen LogP) is 5.73. The van der Waals surface area contributed by atoms with Gasteiger partial charge in [0, 0.05) is 36.6 Å². The first-order valence-corrected chi connectivity index (χ1v) is 21.8. The zero-order valence-electron chi connectivity index (χ0n) is 31.1. The second kappa shape index (κ2) is 14.0. The summed E-state index contributed by atoms with van der Waals surface area (Å²) in [7, 11) is -0.879. The number of hydrogen-bond acceptors (Lipinski definition) is 7. The van der Waals surface area contributed by atoms with E-state index >= 15 is 0 Å². The fourth-order valence-corrected chi connectivity index (χ4v) is 13.4. The van der Waals surface area contributed by atoms with Crippen molar-refractivity contribution in [1.29, 1.82) is 0 Å². The smallest absolute Gasteiger partial charge is 0.261 e. The minimum atomic E-state index is -2.52. The molecule has 8 rings (SSSR count). The summed E-state index contributed by atoms with van der Waals surface area (Å²) in [5.74, 6) is -0.106. The van der Waals surface area contributed by atoms with Crippen LogP contribution in [0.2, 0.25) is 18.6 Å². The maximum atomic E-state index is 14.5. The number of carbonyl (C=O) groups excluding carboxylic acids is 3. The van der Waals surface area contributed by atoms with Gasteiger partial charge in [-0.25, -0.2) is 5.01 Å². The zero-order valence-corrected chi connectivity index (χ0v) is 32.1. The number of fused-ring (bicyclic) bond motifs is 3. The third-order valence-corrected chi connectivity index (χ3v) is 16.6. The molecule has 2 N–H and O–H groups in total. The highest BCUT2D eigenvalue weighted by Crippen LogP contribution is 2.59. The number of hydrazone groups is 1. The van der Waals surface area contributed by atoms with Crippen molar-refractivity contribution >= 4 is 48.1 Å². The number of nitrogens with zero attached hydrogens (tertiary/aromatic N) is 3. The minimum Gasteiger partial charge on any atom is -0.497 e. The number of anilines is 2. The Morgan fingerprint density at radius 2 is 1.70 bits per heavy atom. The number of carbonyl (C=O) groups is 3. The fraction of sp³-hybridized carbons (Fsp3) is 0.349. The monoisotopic (exact) mass is 742 g/mol. The van der Waals surface area contributed by atoms with Gasteiger partial charge in [0.1, 0.15) is 5.75 Å². The fourth-order valence-electron chi connectivity index (χ4n) is 9.38. The highest BCUT2D eigenvalue weighted by Gasteiger charge is 2.65. The Morgan fingerprint density at radius 3 is 2.43 bits per heavy atom. The average Bonchev–Trinajstić information content (AvgIpc) is 3.65. The molecule has 0 aromatic heterocycles. The molecule has 4 aromatic carbocycles. The van der Waals surface area contributed by atoms with Gasteiger partial charge in [0.05, 0.1) is 51.8 Å². The van der Waals surface area contributed by atoms with Gasteiger partial charge >= 0.3 is 0 Å². The molecule has 4 aromatic rings. The van der Waals surface area contributed by atoms with E-state index in [1.807, 2.05) is 78.9 Å². The van der Waals surface area contributed by atoms with E-state index in [0.29, 0.717) is 42.7 Å². The Balaban J connectivity index is 1.19. The van der Waals surface area contributed by atoms with Crippen molar-refractivity contribution in [3.8, 4) is 5.75 Å². The highest BCUT2D eigenvalue weighted by molar-refractivity contribution is 6.91. The van der Waals surface area contributed by atoms with Crippen molar-refractivity contribution in [2.45, 2.75) is 75.5 Å². The SMILES string of the molecule is COc1ccc([Si](C)(C)[C@H]2[C@H](CC(=O)N3Cc4ccccc4C[C@H]3CO)O[C@@]3(C(=O)Nc4ccc(N5N=C(c6ccccc6)CCC5=O)cc43)[C@@H]2C)cc1. The van der Waals surface area contributed by atoms with Crippen LogP contribution in [0.4, 0.5) is 11.4 Å². The van der Waals surface area contributed by atoms with E-state index in [4.69, 9.17) is 14.6 Å². The number of amides is 3. The van der Waals surface area contributed by atoms with E-state index in [-0.39, 0.29) is 48.3 Å². The van der Waals surface area contributed by atoms with E-state index in [1.54, 1.807) is 12.0 Å². The molecular formula is C43H46N4O6Si. The summed E-state index contributed by atoms with van der Waals surface area (Å²) in [5, 5.41) is 20.9. The molecule has 4 aliphatic rings. The van der Waals surface area contributed by atoms with Gasteiger partial charge in [-0.15, -0.1) is 0 Å². The van der Waals surface area contributed by atoms with Gasteiger partial charge in [0.2, 0.25) is 11.8 Å². The van der Waals surface area contributed by atoms with E-state index in [0.717, 1.165) is 33.3 Å². The second-order valence-corrected chi connectivity index (χ2v) is 20.2. The molecule has 1 fully saturated rings. The molecule has 0 aliphatic carbocycles. The van der Waals surface area contributed by atoms with Gasteiger partial charge in [0.25, 0.3) is 5.91 Å². The van der Waals surface area contributed by atoms with E-state index < -0.39 is 19.8 Å². The molecule has 10 nitrogen and oxygen atoms in total. The van der Waals surface area contributed by atoms with Gasteiger partial charge in [-0.2, -0.15) is 5.10 Å². The largest absolute Gasteiger partial charge is 0.497 e. The van der Waals surface area contributed by atoms with Crippen LogP contribution in [0.5, 0.6) is 5.75 Å². The molecule has 0 radical (unpaired) electrons. The lowest BCUT2D eigenvalue weighted by Crippen LogP contribution is -2.52. The Labute approximate surface area is 316 Å². The summed E-state index contributed by atoms with van der Waals surface area (Å²) >= 11 is 0. The summed E-state index contributed by atoms with van der Waals surface area (Å²) in [6.45, 7) is 6.88. The maximum Gasteiger partial charge on any atom is 0.261 e. The lowest BCUT2D eigenvalue weighted by Gasteiger charge is -2.39. The van der Waals surface area contributed by atoms with Crippen molar-refractivity contribution in [3.63, 3.8) is 0 Å². The standard InChI is InChI=1S/C43H46N4O6Si/c1-27-41(54(3,4)34-17-15-33(52-2)16-18-34)38(24-40(50)46-25-30-13-9-8-12-29(30)22-32(46)26-48)53-43(27)35-23-31(14-19-37(35)44-42(43)51)47-39(49)21-20-36(45-47)28-10-6-5-7-11-28/h5-19,23,27,32,38,41,48H,20-22,24-26H2,1-4H3,(H,44,51)/t27-,32+,38+,41-,43+/m1/s1. The quantitative estimate of drug-likeness (QED) is 0.223. The second-order valence-electron chi connectivity index (χ2n) is 15.5. The first-order chi connectivity index (χ1) is 26.0. The first-order valence-electron chi connectivity index (χ1n) is 18.8.